The Morgan fingerprint density at radius 3 is 2.23 bits per heavy atom. The predicted molar refractivity (Wildman–Crippen MR) is 95.4 cm³/mol. The van der Waals surface area contributed by atoms with Crippen LogP contribution in [0.5, 0.6) is 0 Å². The number of aryl methyl sites for hydroxylation is 1. The molecule has 0 radical (unpaired) electrons. The molecule has 0 unspecified atom stereocenters. The Hall–Kier alpha value is -2.71. The standard InChI is InChI=1S/C18H20N2O5S/c19-26(23,24)16-9-6-15(7-10-16)12-20-17(21)13-25-18(22)11-8-14-4-2-1-3-5-14/h1-7,9-10H,8,11-13H2,(H,20,21)(H2,19,23,24). The fourth-order valence-electron chi connectivity index (χ4n) is 2.16. The molecule has 2 aromatic rings. The molecule has 0 bridgehead atoms. The summed E-state index contributed by atoms with van der Waals surface area (Å²) in [4.78, 5) is 23.4. The third kappa shape index (κ3) is 6.66. The first-order valence-electron chi connectivity index (χ1n) is 7.92. The van der Waals surface area contributed by atoms with Gasteiger partial charge in [-0.15, -0.1) is 0 Å². The summed E-state index contributed by atoms with van der Waals surface area (Å²) in [6.07, 6.45) is 0.754. The van der Waals surface area contributed by atoms with Crippen molar-refractivity contribution in [2.75, 3.05) is 6.61 Å². The van der Waals surface area contributed by atoms with Crippen LogP contribution >= 0.6 is 0 Å². The number of primary sulfonamides is 1. The summed E-state index contributed by atoms with van der Waals surface area (Å²) in [5.74, 6) is -0.880. The molecule has 2 aromatic carbocycles. The van der Waals surface area contributed by atoms with Gasteiger partial charge >= 0.3 is 5.97 Å². The van der Waals surface area contributed by atoms with Crippen molar-refractivity contribution in [1.82, 2.24) is 5.32 Å². The number of nitrogens with one attached hydrogen (secondary N) is 1. The molecule has 7 nitrogen and oxygen atoms in total. The molecule has 0 saturated carbocycles. The third-order valence-electron chi connectivity index (χ3n) is 3.57. The Balaban J connectivity index is 1.69. The van der Waals surface area contributed by atoms with E-state index in [4.69, 9.17) is 9.88 Å². The third-order valence-corrected chi connectivity index (χ3v) is 4.50. The summed E-state index contributed by atoms with van der Waals surface area (Å²) in [5, 5.41) is 7.60. The molecule has 0 aliphatic heterocycles. The topological polar surface area (TPSA) is 116 Å². The average molecular weight is 376 g/mol. The van der Waals surface area contributed by atoms with Gasteiger partial charge in [0.05, 0.1) is 4.90 Å². The fourth-order valence-corrected chi connectivity index (χ4v) is 2.67. The highest BCUT2D eigenvalue weighted by molar-refractivity contribution is 7.89. The minimum Gasteiger partial charge on any atom is -0.456 e. The Morgan fingerprint density at radius 2 is 1.62 bits per heavy atom. The maximum Gasteiger partial charge on any atom is 0.306 e. The summed E-state index contributed by atoms with van der Waals surface area (Å²) in [5.41, 5.74) is 1.72. The Labute approximate surface area is 152 Å². The van der Waals surface area contributed by atoms with E-state index in [2.05, 4.69) is 5.32 Å². The van der Waals surface area contributed by atoms with E-state index in [1.165, 1.54) is 12.1 Å². The van der Waals surface area contributed by atoms with Crippen LogP contribution < -0.4 is 10.5 Å². The van der Waals surface area contributed by atoms with Gasteiger partial charge in [-0.1, -0.05) is 42.5 Å². The summed E-state index contributed by atoms with van der Waals surface area (Å²) < 4.78 is 27.3. The molecule has 3 N–H and O–H groups in total. The molecule has 0 fully saturated rings. The lowest BCUT2D eigenvalue weighted by Crippen LogP contribution is -2.28. The van der Waals surface area contributed by atoms with Crippen LogP contribution in [0.2, 0.25) is 0 Å². The number of ether oxygens (including phenoxy) is 1. The van der Waals surface area contributed by atoms with Gasteiger partial charge in [0, 0.05) is 13.0 Å². The lowest BCUT2D eigenvalue weighted by Gasteiger charge is -2.07. The predicted octanol–water partition coefficient (Wildman–Crippen LogP) is 1.13. The largest absolute Gasteiger partial charge is 0.456 e. The number of esters is 1. The number of carbonyl (C=O) groups excluding carboxylic acids is 2. The molecule has 26 heavy (non-hydrogen) atoms. The second-order valence-electron chi connectivity index (χ2n) is 5.61. The number of hydrogen-bond acceptors (Lipinski definition) is 5. The Bertz CT molecular complexity index is 849. The van der Waals surface area contributed by atoms with Crippen molar-refractivity contribution >= 4 is 21.9 Å². The van der Waals surface area contributed by atoms with Gasteiger partial charge in [-0.05, 0) is 29.7 Å². The first-order valence-corrected chi connectivity index (χ1v) is 9.47. The zero-order chi connectivity index (χ0) is 19.0. The van der Waals surface area contributed by atoms with E-state index in [1.54, 1.807) is 12.1 Å². The number of rotatable bonds is 8. The normalized spacial score (nSPS) is 11.0. The van der Waals surface area contributed by atoms with Crippen LogP contribution in [-0.4, -0.2) is 26.9 Å². The Morgan fingerprint density at radius 1 is 0.962 bits per heavy atom. The van der Waals surface area contributed by atoms with Crippen molar-refractivity contribution in [1.29, 1.82) is 0 Å². The van der Waals surface area contributed by atoms with Gasteiger partial charge < -0.3 is 10.1 Å². The average Bonchev–Trinajstić information content (AvgIpc) is 2.63. The van der Waals surface area contributed by atoms with Crippen LogP contribution in [0.3, 0.4) is 0 Å². The second kappa shape index (κ2) is 9.12. The molecule has 1 amide bonds. The van der Waals surface area contributed by atoms with Crippen LogP contribution in [-0.2, 0) is 37.3 Å². The fraction of sp³-hybridized carbons (Fsp3) is 0.222. The first-order chi connectivity index (χ1) is 12.3. The molecule has 0 aliphatic rings. The molecule has 2 rings (SSSR count). The molecule has 138 valence electrons. The molecule has 0 atom stereocenters. The summed E-state index contributed by atoms with van der Waals surface area (Å²) >= 11 is 0. The quantitative estimate of drug-likeness (QED) is 0.670. The van der Waals surface area contributed by atoms with Crippen LogP contribution in [0.15, 0.2) is 59.5 Å². The van der Waals surface area contributed by atoms with Crippen molar-refractivity contribution < 1.29 is 22.7 Å². The Kier molecular flexibility index (Phi) is 6.88. The van der Waals surface area contributed by atoms with E-state index >= 15 is 0 Å². The highest BCUT2D eigenvalue weighted by atomic mass is 32.2. The summed E-state index contributed by atoms with van der Waals surface area (Å²) in [6.45, 7) is -0.172. The zero-order valence-corrected chi connectivity index (χ0v) is 14.9. The zero-order valence-electron chi connectivity index (χ0n) is 14.1. The van der Waals surface area contributed by atoms with Crippen LogP contribution in [0, 0.1) is 0 Å². The highest BCUT2D eigenvalue weighted by Gasteiger charge is 2.09. The summed E-state index contributed by atoms with van der Waals surface area (Å²) in [6, 6.07) is 15.3. The first kappa shape index (κ1) is 19.6. The smallest absolute Gasteiger partial charge is 0.306 e. The van der Waals surface area contributed by atoms with Crippen molar-refractivity contribution in [3.05, 3.63) is 65.7 Å². The molecule has 0 spiro atoms. The molecule has 0 heterocycles. The number of nitrogens with two attached hydrogens (primary N) is 1. The number of hydrogen-bond donors (Lipinski definition) is 2. The molecule has 0 aliphatic carbocycles. The minimum absolute atomic E-state index is 0.0000716. The minimum atomic E-state index is -3.74. The number of sulfonamides is 1. The van der Waals surface area contributed by atoms with Crippen molar-refractivity contribution in [3.63, 3.8) is 0 Å². The van der Waals surface area contributed by atoms with Gasteiger partial charge in [0.2, 0.25) is 10.0 Å². The van der Waals surface area contributed by atoms with E-state index < -0.39 is 21.9 Å². The SMILES string of the molecule is NS(=O)(=O)c1ccc(CNC(=O)COC(=O)CCc2ccccc2)cc1. The number of carbonyl (C=O) groups is 2. The molecular formula is C18H20N2O5S. The van der Waals surface area contributed by atoms with E-state index in [9.17, 15) is 18.0 Å². The van der Waals surface area contributed by atoms with Gasteiger partial charge in [-0.25, -0.2) is 13.6 Å². The van der Waals surface area contributed by atoms with Gasteiger partial charge in [-0.3, -0.25) is 9.59 Å². The van der Waals surface area contributed by atoms with Crippen molar-refractivity contribution in [3.8, 4) is 0 Å². The van der Waals surface area contributed by atoms with E-state index in [0.29, 0.717) is 12.0 Å². The van der Waals surface area contributed by atoms with Gasteiger partial charge in [0.15, 0.2) is 6.61 Å². The van der Waals surface area contributed by atoms with Crippen LogP contribution in [0.25, 0.3) is 0 Å². The van der Waals surface area contributed by atoms with Crippen LogP contribution in [0.1, 0.15) is 17.5 Å². The number of benzene rings is 2. The molecule has 8 heteroatoms. The lowest BCUT2D eigenvalue weighted by molar-refractivity contribution is -0.148. The van der Waals surface area contributed by atoms with E-state index in [0.717, 1.165) is 5.56 Å². The molecule has 0 saturated heterocycles. The maximum atomic E-state index is 11.7. The van der Waals surface area contributed by atoms with Gasteiger partial charge in [-0.2, -0.15) is 0 Å². The highest BCUT2D eigenvalue weighted by Crippen LogP contribution is 2.08. The number of amides is 1. The van der Waals surface area contributed by atoms with Crippen molar-refractivity contribution in [2.24, 2.45) is 5.14 Å². The van der Waals surface area contributed by atoms with Crippen LogP contribution in [0.4, 0.5) is 0 Å². The molecule has 0 aromatic heterocycles. The summed E-state index contributed by atoms with van der Waals surface area (Å²) in [7, 11) is -3.74. The lowest BCUT2D eigenvalue weighted by atomic mass is 10.1. The maximum absolute atomic E-state index is 11.7. The van der Waals surface area contributed by atoms with E-state index in [-0.39, 0.29) is 24.5 Å². The monoisotopic (exact) mass is 376 g/mol. The van der Waals surface area contributed by atoms with Gasteiger partial charge in [0.25, 0.3) is 5.91 Å². The second-order valence-corrected chi connectivity index (χ2v) is 7.17. The van der Waals surface area contributed by atoms with E-state index in [1.807, 2.05) is 30.3 Å². The van der Waals surface area contributed by atoms with Gasteiger partial charge in [0.1, 0.15) is 0 Å². The molecular weight excluding hydrogens is 356 g/mol. The van der Waals surface area contributed by atoms with Crippen molar-refractivity contribution in [2.45, 2.75) is 24.3 Å².